The molecule has 3 heteroatoms. The minimum Gasteiger partial charge on any atom is -0.311 e. The molecule has 2 aliphatic carbocycles. The number of fused-ring (bicyclic) bond motifs is 6. The second-order valence-electron chi connectivity index (χ2n) is 27.3. The van der Waals surface area contributed by atoms with Crippen molar-refractivity contribution >= 4 is 57.2 Å². The smallest absolute Gasteiger partial charge is 0.252 e. The lowest BCUT2D eigenvalue weighted by atomic mass is 9.32. The van der Waals surface area contributed by atoms with Crippen molar-refractivity contribution in [1.29, 1.82) is 0 Å². The molecule has 68 heavy (non-hydrogen) atoms. The van der Waals surface area contributed by atoms with Gasteiger partial charge in [-0.15, -0.1) is 0 Å². The van der Waals surface area contributed by atoms with Gasteiger partial charge in [0.15, 0.2) is 0 Å². The molecule has 0 aromatic heterocycles. The van der Waals surface area contributed by atoms with Gasteiger partial charge in [0.05, 0.1) is 5.69 Å². The van der Waals surface area contributed by atoms with Gasteiger partial charge in [-0.3, -0.25) is 0 Å². The maximum absolute atomic E-state index is 2.73. The lowest BCUT2D eigenvalue weighted by Crippen LogP contribution is -2.62. The van der Waals surface area contributed by atoms with Gasteiger partial charge in [0.2, 0.25) is 0 Å². The molecule has 0 radical (unpaired) electrons. The molecule has 4 aliphatic rings. The van der Waals surface area contributed by atoms with Gasteiger partial charge in [0, 0.05) is 34.0 Å². The van der Waals surface area contributed by atoms with Crippen molar-refractivity contribution in [2.75, 3.05) is 9.80 Å². The van der Waals surface area contributed by atoms with Crippen LogP contribution in [-0.2, 0) is 37.9 Å². The van der Waals surface area contributed by atoms with E-state index in [0.717, 1.165) is 0 Å². The Balaban J connectivity index is 1.39. The SMILES string of the molecule is Cc1cc2c(cc1N1c3ccc(C(C)(C)C)cc3B3c4cc5c(cc4N(c4ccc(C(C)(C)C)cc4-c4ccccc4)c4cc(C(C)(C)C)cc1c43)C(C)(C)CCC5(C)C)C(C)(C)CCC2(C)C. The first-order valence-corrected chi connectivity index (χ1v) is 26.0. The molecular weight excluding hydrogens is 820 g/mol. The van der Waals surface area contributed by atoms with Crippen LogP contribution in [0.1, 0.15) is 188 Å². The highest BCUT2D eigenvalue weighted by Gasteiger charge is 2.48. The molecule has 0 unspecified atom stereocenters. The van der Waals surface area contributed by atoms with Crippen LogP contribution < -0.4 is 26.2 Å². The molecule has 10 rings (SSSR count). The molecule has 0 bridgehead atoms. The van der Waals surface area contributed by atoms with E-state index in [1.165, 1.54) is 132 Å². The second kappa shape index (κ2) is 15.0. The molecule has 0 N–H and O–H groups in total. The highest BCUT2D eigenvalue weighted by molar-refractivity contribution is 7.00. The maximum atomic E-state index is 2.73. The third kappa shape index (κ3) is 7.33. The van der Waals surface area contributed by atoms with Crippen LogP contribution in [0.25, 0.3) is 11.1 Å². The summed E-state index contributed by atoms with van der Waals surface area (Å²) >= 11 is 0. The maximum Gasteiger partial charge on any atom is 0.252 e. The van der Waals surface area contributed by atoms with E-state index in [-0.39, 0.29) is 44.6 Å². The summed E-state index contributed by atoms with van der Waals surface area (Å²) in [7, 11) is 0. The van der Waals surface area contributed by atoms with E-state index in [1.807, 2.05) is 0 Å². The quantitative estimate of drug-likeness (QED) is 0.163. The summed E-state index contributed by atoms with van der Waals surface area (Å²) in [4.78, 5) is 5.45. The molecule has 0 saturated heterocycles. The fourth-order valence-electron chi connectivity index (χ4n) is 12.5. The van der Waals surface area contributed by atoms with Gasteiger partial charge in [0.25, 0.3) is 6.71 Å². The Bertz CT molecular complexity index is 3030. The minimum atomic E-state index is -0.119. The largest absolute Gasteiger partial charge is 0.311 e. The number of aryl methyl sites for hydroxylation is 1. The van der Waals surface area contributed by atoms with Crippen molar-refractivity contribution in [3.05, 3.63) is 148 Å². The van der Waals surface area contributed by atoms with Crippen LogP contribution in [0.15, 0.2) is 103 Å². The van der Waals surface area contributed by atoms with Gasteiger partial charge < -0.3 is 9.80 Å². The summed E-state index contributed by atoms with van der Waals surface area (Å²) in [6.07, 6.45) is 4.72. The van der Waals surface area contributed by atoms with Crippen molar-refractivity contribution < 1.29 is 0 Å². The van der Waals surface area contributed by atoms with Crippen molar-refractivity contribution in [3.63, 3.8) is 0 Å². The molecular formula is C65H79BN2. The first kappa shape index (κ1) is 46.7. The van der Waals surface area contributed by atoms with Gasteiger partial charge in [-0.05, 0) is 179 Å². The Kier molecular flexibility index (Phi) is 10.3. The predicted octanol–water partition coefficient (Wildman–Crippen LogP) is 16.3. The zero-order chi connectivity index (χ0) is 49.1. The normalized spacial score (nSPS) is 18.6. The van der Waals surface area contributed by atoms with Crippen LogP contribution in [0.3, 0.4) is 0 Å². The van der Waals surface area contributed by atoms with Crippen molar-refractivity contribution in [3.8, 4) is 11.1 Å². The fourth-order valence-corrected chi connectivity index (χ4v) is 12.5. The summed E-state index contributed by atoms with van der Waals surface area (Å²) in [5.41, 5.74) is 26.1. The van der Waals surface area contributed by atoms with Crippen molar-refractivity contribution in [1.82, 2.24) is 0 Å². The molecule has 2 heterocycles. The predicted molar refractivity (Wildman–Crippen MR) is 297 cm³/mol. The van der Waals surface area contributed by atoms with E-state index >= 15 is 0 Å². The van der Waals surface area contributed by atoms with Gasteiger partial charge >= 0.3 is 0 Å². The van der Waals surface area contributed by atoms with E-state index in [2.05, 4.69) is 238 Å². The average molecular weight is 899 g/mol. The summed E-state index contributed by atoms with van der Waals surface area (Å²) in [5, 5.41) is 0. The topological polar surface area (TPSA) is 6.48 Å². The summed E-state index contributed by atoms with van der Waals surface area (Å²) in [6.45, 7) is 43.7. The van der Waals surface area contributed by atoms with Crippen LogP contribution >= 0.6 is 0 Å². The van der Waals surface area contributed by atoms with Crippen LogP contribution in [0.4, 0.5) is 34.1 Å². The number of hydrogen-bond donors (Lipinski definition) is 0. The molecule has 0 amide bonds. The van der Waals surface area contributed by atoms with Crippen LogP contribution in [0.5, 0.6) is 0 Å². The highest BCUT2D eigenvalue weighted by Crippen LogP contribution is 2.54. The van der Waals surface area contributed by atoms with Crippen LogP contribution in [0, 0.1) is 6.92 Å². The molecule has 0 atom stereocenters. The van der Waals surface area contributed by atoms with Gasteiger partial charge in [-0.2, -0.15) is 0 Å². The Labute approximate surface area is 412 Å². The van der Waals surface area contributed by atoms with Gasteiger partial charge in [-0.1, -0.05) is 178 Å². The summed E-state index contributed by atoms with van der Waals surface area (Å²) in [6, 6.07) is 41.9. The molecule has 0 fully saturated rings. The Morgan fingerprint density at radius 2 is 0.824 bits per heavy atom. The lowest BCUT2D eigenvalue weighted by Gasteiger charge is -2.49. The van der Waals surface area contributed by atoms with E-state index < -0.39 is 0 Å². The van der Waals surface area contributed by atoms with E-state index in [1.54, 1.807) is 0 Å². The third-order valence-electron chi connectivity index (χ3n) is 17.4. The van der Waals surface area contributed by atoms with E-state index in [0.29, 0.717) is 0 Å². The van der Waals surface area contributed by atoms with Crippen LogP contribution in [0.2, 0.25) is 0 Å². The molecule has 2 aliphatic heterocycles. The number of nitrogens with zero attached hydrogens (tertiary/aromatic N) is 2. The monoisotopic (exact) mass is 899 g/mol. The van der Waals surface area contributed by atoms with E-state index in [4.69, 9.17) is 0 Å². The zero-order valence-electron chi connectivity index (χ0n) is 45.1. The van der Waals surface area contributed by atoms with Crippen molar-refractivity contribution in [2.45, 2.75) is 188 Å². The molecule has 0 saturated carbocycles. The zero-order valence-corrected chi connectivity index (χ0v) is 45.1. The average Bonchev–Trinajstić information content (AvgIpc) is 3.25. The Hall–Kier alpha value is -5.02. The van der Waals surface area contributed by atoms with Crippen molar-refractivity contribution in [2.24, 2.45) is 0 Å². The minimum absolute atomic E-state index is 0.0154. The Morgan fingerprint density at radius 1 is 0.397 bits per heavy atom. The molecule has 2 nitrogen and oxygen atoms in total. The van der Waals surface area contributed by atoms with Crippen LogP contribution in [-0.4, -0.2) is 6.71 Å². The third-order valence-corrected chi connectivity index (χ3v) is 17.4. The molecule has 0 spiro atoms. The van der Waals surface area contributed by atoms with Gasteiger partial charge in [-0.25, -0.2) is 0 Å². The first-order chi connectivity index (χ1) is 31.5. The number of hydrogen-bond acceptors (Lipinski definition) is 2. The number of rotatable bonds is 3. The molecule has 6 aromatic rings. The molecule has 6 aromatic carbocycles. The Morgan fingerprint density at radius 3 is 1.34 bits per heavy atom. The summed E-state index contributed by atoms with van der Waals surface area (Å²) < 4.78 is 0. The fraction of sp³-hybridized carbons (Fsp3) is 0.446. The van der Waals surface area contributed by atoms with Gasteiger partial charge in [0.1, 0.15) is 0 Å². The number of anilines is 6. The second-order valence-corrected chi connectivity index (χ2v) is 27.3. The van der Waals surface area contributed by atoms with E-state index in [9.17, 15) is 0 Å². The number of benzene rings is 6. The molecule has 352 valence electrons. The highest BCUT2D eigenvalue weighted by atomic mass is 15.2. The summed E-state index contributed by atoms with van der Waals surface area (Å²) in [5.74, 6) is 0. The standard InChI is InChI=1S/C65H79BN2/c1-40-32-46-48(64(15,16)30-28-62(46,11)12)38-54(40)68-53-27-25-43(60(5,6)7)34-50(53)66-51-37-47-49(65(17,18)31-29-63(47,13)14)39-55(51)67(56-35-44(61(8,9)10)36-57(68)58(56)66)52-26-24-42(59(2,3)4)33-45(52)41-22-20-19-21-23-41/h19-27,32-39H,28-31H2,1-18H3. The lowest BCUT2D eigenvalue weighted by molar-refractivity contribution is 0.332. The first-order valence-electron chi connectivity index (χ1n) is 26.0.